The zero-order chi connectivity index (χ0) is 17.2. The summed E-state index contributed by atoms with van der Waals surface area (Å²) in [6, 6.07) is 7.04. The largest absolute Gasteiger partial charge is 0.482 e. The van der Waals surface area contributed by atoms with E-state index in [-0.39, 0.29) is 25.2 Å². The zero-order valence-electron chi connectivity index (χ0n) is 14.1. The maximum absolute atomic E-state index is 12.2. The van der Waals surface area contributed by atoms with E-state index in [1.807, 2.05) is 0 Å². The molecule has 6 nitrogen and oxygen atoms in total. The standard InChI is InChI=1S/C18H25NO5/c1-22-11-12-23-17(20)13-24-16-9-7-14(8-10-16)18(21)19-15-5-3-2-4-6-15/h7-10,15H,2-6,11-13H2,1H3,(H,19,21). The van der Waals surface area contributed by atoms with Crippen molar-refractivity contribution < 1.29 is 23.8 Å². The molecule has 0 saturated heterocycles. The summed E-state index contributed by atoms with van der Waals surface area (Å²) in [5.74, 6) is 0.00602. The van der Waals surface area contributed by atoms with Crippen molar-refractivity contribution in [3.63, 3.8) is 0 Å². The molecular formula is C18H25NO5. The second-order valence-electron chi connectivity index (χ2n) is 5.83. The smallest absolute Gasteiger partial charge is 0.344 e. The van der Waals surface area contributed by atoms with Gasteiger partial charge in [0.25, 0.3) is 5.91 Å². The number of carbonyl (C=O) groups is 2. The lowest BCUT2D eigenvalue weighted by Gasteiger charge is -2.22. The molecule has 0 atom stereocenters. The van der Waals surface area contributed by atoms with E-state index < -0.39 is 5.97 Å². The minimum absolute atomic E-state index is 0.0626. The molecule has 0 aliphatic heterocycles. The average Bonchev–Trinajstić information content (AvgIpc) is 2.61. The van der Waals surface area contributed by atoms with Crippen LogP contribution in [0.2, 0.25) is 0 Å². The molecule has 24 heavy (non-hydrogen) atoms. The van der Waals surface area contributed by atoms with Crippen LogP contribution in [0.3, 0.4) is 0 Å². The van der Waals surface area contributed by atoms with Gasteiger partial charge in [0.1, 0.15) is 12.4 Å². The lowest BCUT2D eigenvalue weighted by Crippen LogP contribution is -2.36. The highest BCUT2D eigenvalue weighted by Gasteiger charge is 2.16. The van der Waals surface area contributed by atoms with E-state index >= 15 is 0 Å². The Hall–Kier alpha value is -2.08. The van der Waals surface area contributed by atoms with Crippen LogP contribution in [0.4, 0.5) is 0 Å². The summed E-state index contributed by atoms with van der Waals surface area (Å²) in [7, 11) is 1.54. The number of rotatable bonds is 8. The maximum atomic E-state index is 12.2. The second kappa shape index (κ2) is 9.93. The minimum Gasteiger partial charge on any atom is -0.482 e. The monoisotopic (exact) mass is 335 g/mol. The van der Waals surface area contributed by atoms with Gasteiger partial charge >= 0.3 is 5.97 Å². The van der Waals surface area contributed by atoms with Crippen molar-refractivity contribution in [2.24, 2.45) is 0 Å². The fourth-order valence-electron chi connectivity index (χ4n) is 2.64. The average molecular weight is 335 g/mol. The van der Waals surface area contributed by atoms with Gasteiger partial charge in [0.05, 0.1) is 6.61 Å². The van der Waals surface area contributed by atoms with Crippen LogP contribution >= 0.6 is 0 Å². The first kappa shape index (κ1) is 18.3. The van der Waals surface area contributed by atoms with E-state index in [4.69, 9.17) is 14.2 Å². The second-order valence-corrected chi connectivity index (χ2v) is 5.83. The maximum Gasteiger partial charge on any atom is 0.344 e. The SMILES string of the molecule is COCCOC(=O)COc1ccc(C(=O)NC2CCCCC2)cc1. The number of hydrogen-bond donors (Lipinski definition) is 1. The fourth-order valence-corrected chi connectivity index (χ4v) is 2.64. The number of nitrogens with one attached hydrogen (secondary N) is 1. The number of hydrogen-bond acceptors (Lipinski definition) is 5. The van der Waals surface area contributed by atoms with Crippen LogP contribution in [-0.4, -0.2) is 44.8 Å². The summed E-state index contributed by atoms with van der Waals surface area (Å²) in [5.41, 5.74) is 0.593. The van der Waals surface area contributed by atoms with E-state index in [0.29, 0.717) is 17.9 Å². The van der Waals surface area contributed by atoms with Gasteiger partial charge in [0, 0.05) is 18.7 Å². The molecule has 1 N–H and O–H groups in total. The van der Waals surface area contributed by atoms with Crippen LogP contribution in [-0.2, 0) is 14.3 Å². The zero-order valence-corrected chi connectivity index (χ0v) is 14.1. The number of ether oxygens (including phenoxy) is 3. The van der Waals surface area contributed by atoms with Crippen LogP contribution < -0.4 is 10.1 Å². The molecule has 1 aromatic rings. The molecule has 132 valence electrons. The first-order valence-corrected chi connectivity index (χ1v) is 8.37. The van der Waals surface area contributed by atoms with Crippen LogP contribution in [0.5, 0.6) is 5.75 Å². The Morgan fingerprint density at radius 3 is 2.46 bits per heavy atom. The van der Waals surface area contributed by atoms with Crippen molar-refractivity contribution in [1.82, 2.24) is 5.32 Å². The highest BCUT2D eigenvalue weighted by Crippen LogP contribution is 2.18. The summed E-state index contributed by atoms with van der Waals surface area (Å²) in [5, 5.41) is 3.07. The lowest BCUT2D eigenvalue weighted by molar-refractivity contribution is -0.147. The Balaban J connectivity index is 1.75. The van der Waals surface area contributed by atoms with Crippen molar-refractivity contribution in [2.75, 3.05) is 26.9 Å². The van der Waals surface area contributed by atoms with Crippen molar-refractivity contribution in [3.05, 3.63) is 29.8 Å². The quantitative estimate of drug-likeness (QED) is 0.583. The highest BCUT2D eigenvalue weighted by atomic mass is 16.6. The Morgan fingerprint density at radius 1 is 1.08 bits per heavy atom. The third-order valence-corrected chi connectivity index (χ3v) is 3.96. The summed E-state index contributed by atoms with van der Waals surface area (Å²) < 4.78 is 15.0. The predicted octanol–water partition coefficient (Wildman–Crippen LogP) is 2.32. The number of methoxy groups -OCH3 is 1. The number of esters is 1. The molecule has 0 aromatic heterocycles. The molecular weight excluding hydrogens is 310 g/mol. The van der Waals surface area contributed by atoms with Gasteiger partial charge in [0.15, 0.2) is 6.61 Å². The van der Waals surface area contributed by atoms with E-state index in [2.05, 4.69) is 5.32 Å². The molecule has 1 saturated carbocycles. The van der Waals surface area contributed by atoms with Crippen LogP contribution in [0.15, 0.2) is 24.3 Å². The molecule has 6 heteroatoms. The fraction of sp³-hybridized carbons (Fsp3) is 0.556. The van der Waals surface area contributed by atoms with Gasteiger partial charge in [0.2, 0.25) is 0 Å². The van der Waals surface area contributed by atoms with Crippen LogP contribution in [0, 0.1) is 0 Å². The normalized spacial score (nSPS) is 14.9. The summed E-state index contributed by atoms with van der Waals surface area (Å²) in [6.45, 7) is 0.396. The van der Waals surface area contributed by atoms with Gasteiger partial charge in [-0.3, -0.25) is 4.79 Å². The number of benzene rings is 1. The molecule has 0 spiro atoms. The van der Waals surface area contributed by atoms with E-state index in [0.717, 1.165) is 12.8 Å². The van der Waals surface area contributed by atoms with Crippen molar-refractivity contribution in [3.8, 4) is 5.75 Å². The Labute approximate surface area is 142 Å². The van der Waals surface area contributed by atoms with Gasteiger partial charge in [-0.1, -0.05) is 19.3 Å². The molecule has 1 fully saturated rings. The Bertz CT molecular complexity index is 523. The third kappa shape index (κ3) is 6.20. The van der Waals surface area contributed by atoms with Gasteiger partial charge in [-0.05, 0) is 37.1 Å². The summed E-state index contributed by atoms with van der Waals surface area (Å²) >= 11 is 0. The third-order valence-electron chi connectivity index (χ3n) is 3.96. The molecule has 1 amide bonds. The van der Waals surface area contributed by atoms with E-state index in [1.165, 1.54) is 26.4 Å². The van der Waals surface area contributed by atoms with Crippen LogP contribution in [0.1, 0.15) is 42.5 Å². The first-order chi connectivity index (χ1) is 11.7. The number of carbonyl (C=O) groups excluding carboxylic acids is 2. The summed E-state index contributed by atoms with van der Waals surface area (Å²) in [4.78, 5) is 23.6. The van der Waals surface area contributed by atoms with Crippen LogP contribution in [0.25, 0.3) is 0 Å². The van der Waals surface area contributed by atoms with E-state index in [9.17, 15) is 9.59 Å². The molecule has 1 aliphatic carbocycles. The van der Waals surface area contributed by atoms with Gasteiger partial charge in [-0.15, -0.1) is 0 Å². The molecule has 1 aromatic carbocycles. The molecule has 0 heterocycles. The van der Waals surface area contributed by atoms with E-state index in [1.54, 1.807) is 24.3 Å². The Morgan fingerprint density at radius 2 is 1.79 bits per heavy atom. The topological polar surface area (TPSA) is 73.9 Å². The van der Waals surface area contributed by atoms with Crippen molar-refractivity contribution in [2.45, 2.75) is 38.1 Å². The lowest BCUT2D eigenvalue weighted by atomic mass is 9.95. The number of amides is 1. The molecule has 2 rings (SSSR count). The van der Waals surface area contributed by atoms with Gasteiger partial charge in [-0.25, -0.2) is 4.79 Å². The van der Waals surface area contributed by atoms with Crippen molar-refractivity contribution in [1.29, 1.82) is 0 Å². The first-order valence-electron chi connectivity index (χ1n) is 8.37. The molecule has 1 aliphatic rings. The molecule has 0 radical (unpaired) electrons. The minimum atomic E-state index is -0.453. The molecule has 0 unspecified atom stereocenters. The van der Waals surface area contributed by atoms with Gasteiger partial charge in [-0.2, -0.15) is 0 Å². The van der Waals surface area contributed by atoms with Gasteiger partial charge < -0.3 is 19.5 Å². The Kier molecular flexibility index (Phi) is 7.55. The van der Waals surface area contributed by atoms with Crippen molar-refractivity contribution >= 4 is 11.9 Å². The highest BCUT2D eigenvalue weighted by molar-refractivity contribution is 5.94. The summed E-state index contributed by atoms with van der Waals surface area (Å²) in [6.07, 6.45) is 5.72. The molecule has 0 bridgehead atoms. The predicted molar refractivity (Wildman–Crippen MR) is 89.1 cm³/mol.